The van der Waals surface area contributed by atoms with E-state index in [1.807, 2.05) is 9.80 Å². The summed E-state index contributed by atoms with van der Waals surface area (Å²) in [5.41, 5.74) is 0.867. The number of nitrogens with one attached hydrogen (secondary N) is 1. The van der Waals surface area contributed by atoms with Crippen LogP contribution < -0.4 is 20.0 Å². The minimum Gasteiger partial charge on any atom is -0.442 e. The van der Waals surface area contributed by atoms with Gasteiger partial charge < -0.3 is 24.3 Å². The number of piperazine rings is 1. The van der Waals surface area contributed by atoms with Crippen molar-refractivity contribution in [1.82, 2.24) is 5.32 Å². The molecule has 164 valence electrons. The molecule has 0 bridgehead atoms. The molecule has 0 saturated carbocycles. The average Bonchev–Trinajstić information content (AvgIpc) is 3.39. The standard InChI is InChI=1S/C21H23FN4O5/c1-14(28)23-11-17-12-26(21(29)31-17)15-2-4-19(18(22)10-15)24-6-8-25(9-7-24)20-5-3-16(13-27)30-20/h2-5,10,13,17H,6-9,11-12H2,1H3,(H,23,28). The summed E-state index contributed by atoms with van der Waals surface area (Å²) in [6.07, 6.45) is -0.382. The van der Waals surface area contributed by atoms with Gasteiger partial charge in [0.25, 0.3) is 0 Å². The number of carbonyl (C=O) groups excluding carboxylic acids is 3. The van der Waals surface area contributed by atoms with Crippen LogP contribution in [-0.2, 0) is 9.53 Å². The van der Waals surface area contributed by atoms with Crippen LogP contribution in [0.15, 0.2) is 34.7 Å². The van der Waals surface area contributed by atoms with E-state index in [0.717, 1.165) is 0 Å². The van der Waals surface area contributed by atoms with E-state index in [1.165, 1.54) is 17.9 Å². The molecule has 31 heavy (non-hydrogen) atoms. The Hall–Kier alpha value is -3.56. The molecule has 9 nitrogen and oxygen atoms in total. The number of hydrogen-bond acceptors (Lipinski definition) is 7. The highest BCUT2D eigenvalue weighted by atomic mass is 19.1. The van der Waals surface area contributed by atoms with Gasteiger partial charge >= 0.3 is 6.09 Å². The Morgan fingerprint density at radius 3 is 2.58 bits per heavy atom. The molecule has 0 radical (unpaired) electrons. The molecular formula is C21H23FN4O5. The molecule has 2 aromatic rings. The second-order valence-corrected chi connectivity index (χ2v) is 7.46. The third-order valence-electron chi connectivity index (χ3n) is 5.36. The molecule has 1 unspecified atom stereocenters. The lowest BCUT2D eigenvalue weighted by Crippen LogP contribution is -2.46. The van der Waals surface area contributed by atoms with E-state index >= 15 is 0 Å². The molecule has 1 N–H and O–H groups in total. The van der Waals surface area contributed by atoms with Crippen LogP contribution >= 0.6 is 0 Å². The Labute approximate surface area is 178 Å². The summed E-state index contributed by atoms with van der Waals surface area (Å²) in [6, 6.07) is 8.05. The summed E-state index contributed by atoms with van der Waals surface area (Å²) in [5.74, 6) is 0.268. The maximum atomic E-state index is 14.9. The number of nitrogens with zero attached hydrogens (tertiary/aromatic N) is 3. The Morgan fingerprint density at radius 1 is 1.19 bits per heavy atom. The van der Waals surface area contributed by atoms with Gasteiger partial charge in [-0.2, -0.15) is 0 Å². The van der Waals surface area contributed by atoms with Crippen molar-refractivity contribution in [3.05, 3.63) is 41.9 Å². The molecule has 1 atom stereocenters. The second kappa shape index (κ2) is 8.66. The van der Waals surface area contributed by atoms with Gasteiger partial charge in [-0.05, 0) is 24.3 Å². The van der Waals surface area contributed by atoms with E-state index in [4.69, 9.17) is 9.15 Å². The van der Waals surface area contributed by atoms with Crippen molar-refractivity contribution in [3.63, 3.8) is 0 Å². The number of carbonyl (C=O) groups is 3. The Kier molecular flexibility index (Phi) is 5.79. The quantitative estimate of drug-likeness (QED) is 0.701. The molecule has 1 aromatic heterocycles. The van der Waals surface area contributed by atoms with Crippen molar-refractivity contribution in [2.75, 3.05) is 54.0 Å². The number of cyclic esters (lactones) is 1. The summed E-state index contributed by atoms with van der Waals surface area (Å²) < 4.78 is 25.6. The molecule has 3 heterocycles. The van der Waals surface area contributed by atoms with Crippen molar-refractivity contribution in [2.24, 2.45) is 0 Å². The highest BCUT2D eigenvalue weighted by Gasteiger charge is 2.33. The van der Waals surface area contributed by atoms with Gasteiger partial charge in [-0.15, -0.1) is 0 Å². The van der Waals surface area contributed by atoms with Crippen molar-refractivity contribution >= 4 is 35.5 Å². The smallest absolute Gasteiger partial charge is 0.414 e. The van der Waals surface area contributed by atoms with Crippen LogP contribution in [0.5, 0.6) is 0 Å². The van der Waals surface area contributed by atoms with Gasteiger partial charge in [0.1, 0.15) is 11.9 Å². The number of anilines is 3. The van der Waals surface area contributed by atoms with E-state index in [9.17, 15) is 18.8 Å². The van der Waals surface area contributed by atoms with E-state index in [-0.39, 0.29) is 24.8 Å². The lowest BCUT2D eigenvalue weighted by Gasteiger charge is -2.36. The second-order valence-electron chi connectivity index (χ2n) is 7.46. The summed E-state index contributed by atoms with van der Waals surface area (Å²) in [4.78, 5) is 39.3. The largest absolute Gasteiger partial charge is 0.442 e. The molecule has 10 heteroatoms. The zero-order chi connectivity index (χ0) is 22.0. The number of rotatable bonds is 6. The fourth-order valence-corrected chi connectivity index (χ4v) is 3.76. The van der Waals surface area contributed by atoms with Gasteiger partial charge in [0.15, 0.2) is 17.9 Å². The normalized spacial score (nSPS) is 18.8. The van der Waals surface area contributed by atoms with E-state index in [1.54, 1.807) is 24.3 Å². The minimum absolute atomic E-state index is 0.207. The molecule has 2 aliphatic heterocycles. The van der Waals surface area contributed by atoms with Crippen LogP contribution in [0.25, 0.3) is 0 Å². The first-order valence-corrected chi connectivity index (χ1v) is 10.0. The number of benzene rings is 1. The summed E-state index contributed by atoms with van der Waals surface area (Å²) in [7, 11) is 0. The van der Waals surface area contributed by atoms with Crippen LogP contribution in [0.4, 0.5) is 26.4 Å². The molecular weight excluding hydrogens is 407 g/mol. The number of aldehydes is 1. The topological polar surface area (TPSA) is 95.3 Å². The van der Waals surface area contributed by atoms with Crippen LogP contribution in [0.1, 0.15) is 17.5 Å². The molecule has 2 amide bonds. The van der Waals surface area contributed by atoms with Gasteiger partial charge in [0.05, 0.1) is 24.5 Å². The Morgan fingerprint density at radius 2 is 1.94 bits per heavy atom. The number of furan rings is 1. The van der Waals surface area contributed by atoms with Crippen LogP contribution in [0.3, 0.4) is 0 Å². The van der Waals surface area contributed by atoms with Crippen molar-refractivity contribution in [3.8, 4) is 0 Å². The number of halogens is 1. The van der Waals surface area contributed by atoms with E-state index in [0.29, 0.717) is 49.7 Å². The predicted molar refractivity (Wildman–Crippen MR) is 111 cm³/mol. The molecule has 0 spiro atoms. The molecule has 2 aliphatic rings. The third-order valence-corrected chi connectivity index (χ3v) is 5.36. The number of amides is 2. The highest BCUT2D eigenvalue weighted by Crippen LogP contribution is 2.29. The van der Waals surface area contributed by atoms with Gasteiger partial charge in [-0.25, -0.2) is 9.18 Å². The molecule has 4 rings (SSSR count). The van der Waals surface area contributed by atoms with Gasteiger partial charge in [0, 0.05) is 39.2 Å². The Bertz CT molecular complexity index is 986. The molecule has 2 fully saturated rings. The molecule has 1 aromatic carbocycles. The fourth-order valence-electron chi connectivity index (χ4n) is 3.76. The third kappa shape index (κ3) is 4.47. The fraction of sp³-hybridized carbons (Fsp3) is 0.381. The summed E-state index contributed by atoms with van der Waals surface area (Å²) in [6.45, 7) is 4.25. The first kappa shape index (κ1) is 20.7. The van der Waals surface area contributed by atoms with Gasteiger partial charge in [0.2, 0.25) is 5.91 Å². The summed E-state index contributed by atoms with van der Waals surface area (Å²) in [5, 5.41) is 2.61. The molecule has 2 saturated heterocycles. The minimum atomic E-state index is -0.566. The number of ether oxygens (including phenoxy) is 1. The van der Waals surface area contributed by atoms with E-state index in [2.05, 4.69) is 5.32 Å². The maximum Gasteiger partial charge on any atom is 0.414 e. The van der Waals surface area contributed by atoms with Gasteiger partial charge in [-0.3, -0.25) is 14.5 Å². The van der Waals surface area contributed by atoms with Crippen LogP contribution in [0, 0.1) is 5.82 Å². The molecule has 0 aliphatic carbocycles. The van der Waals surface area contributed by atoms with E-state index < -0.39 is 18.0 Å². The Balaban J connectivity index is 1.38. The first-order chi connectivity index (χ1) is 14.9. The maximum absolute atomic E-state index is 14.9. The zero-order valence-electron chi connectivity index (χ0n) is 17.0. The monoisotopic (exact) mass is 430 g/mol. The number of hydrogen-bond donors (Lipinski definition) is 1. The lowest BCUT2D eigenvalue weighted by molar-refractivity contribution is -0.119. The first-order valence-electron chi connectivity index (χ1n) is 10.0. The van der Waals surface area contributed by atoms with Crippen molar-refractivity contribution in [1.29, 1.82) is 0 Å². The SMILES string of the molecule is CC(=O)NCC1CN(c2ccc(N3CCN(c4ccc(C=O)o4)CC3)c(F)c2)C(=O)O1. The van der Waals surface area contributed by atoms with Crippen molar-refractivity contribution in [2.45, 2.75) is 13.0 Å². The lowest BCUT2D eigenvalue weighted by atomic mass is 10.2. The van der Waals surface area contributed by atoms with Crippen LogP contribution in [-0.4, -0.2) is 63.7 Å². The highest BCUT2D eigenvalue weighted by molar-refractivity contribution is 5.90. The zero-order valence-corrected chi connectivity index (χ0v) is 17.0. The summed E-state index contributed by atoms with van der Waals surface area (Å²) >= 11 is 0. The average molecular weight is 430 g/mol. The van der Waals surface area contributed by atoms with Crippen molar-refractivity contribution < 1.29 is 27.9 Å². The predicted octanol–water partition coefficient (Wildman–Crippen LogP) is 2.02. The van der Waals surface area contributed by atoms with Crippen LogP contribution in [0.2, 0.25) is 0 Å². The van der Waals surface area contributed by atoms with Gasteiger partial charge in [-0.1, -0.05) is 0 Å².